The summed E-state index contributed by atoms with van der Waals surface area (Å²) in [7, 11) is 0. The van der Waals surface area contributed by atoms with Gasteiger partial charge in [0.15, 0.2) is 0 Å². The van der Waals surface area contributed by atoms with Gasteiger partial charge in [0.1, 0.15) is 11.6 Å². The zero-order valence-corrected chi connectivity index (χ0v) is 43.4. The minimum atomic E-state index is -2.47. The fourth-order valence-electron chi connectivity index (χ4n) is 9.45. The molecular weight excluding hydrogens is 1050 g/mol. The predicted octanol–water partition coefficient (Wildman–Crippen LogP) is 17.8. The van der Waals surface area contributed by atoms with Crippen LogP contribution in [0.2, 0.25) is 0 Å². The molecule has 2 aromatic heterocycles. The normalized spacial score (nSPS) is 13.3. The maximum atomic E-state index is 12.6. The number of imidazole rings is 1. The largest absolute Gasteiger partial charge is 0.507 e. The van der Waals surface area contributed by atoms with Crippen LogP contribution in [0.15, 0.2) is 182 Å². The summed E-state index contributed by atoms with van der Waals surface area (Å²) >= 11 is 0. The third kappa shape index (κ3) is 9.71. The van der Waals surface area contributed by atoms with Gasteiger partial charge in [0, 0.05) is 46.7 Å². The number of pyridine rings is 1. The second kappa shape index (κ2) is 19.9. The van der Waals surface area contributed by atoms with Gasteiger partial charge in [0.05, 0.1) is 22.3 Å². The monoisotopic (exact) mass is 1110 g/mol. The topological polar surface area (TPSA) is 50.9 Å². The number of hydrogen-bond acceptors (Lipinski definition) is 3. The number of benzene rings is 8. The van der Waals surface area contributed by atoms with Gasteiger partial charge < -0.3 is 5.11 Å². The van der Waals surface area contributed by atoms with Gasteiger partial charge in [-0.25, -0.2) is 4.98 Å². The molecule has 4 nitrogen and oxygen atoms in total. The van der Waals surface area contributed by atoms with Crippen molar-refractivity contribution in [3.63, 3.8) is 0 Å². The van der Waals surface area contributed by atoms with Crippen LogP contribution in [0.4, 0.5) is 0 Å². The Labute approximate surface area is 442 Å². The molecule has 0 aliphatic rings. The number of para-hydroxylation sites is 1. The van der Waals surface area contributed by atoms with E-state index < -0.39 is 13.7 Å². The number of aromatic nitrogens is 3. The van der Waals surface area contributed by atoms with Crippen LogP contribution in [0.3, 0.4) is 0 Å². The molecule has 0 atom stereocenters. The third-order valence-electron chi connectivity index (χ3n) is 13.4. The molecule has 0 aliphatic carbocycles. The van der Waals surface area contributed by atoms with Crippen molar-refractivity contribution in [3.05, 3.63) is 216 Å². The summed E-state index contributed by atoms with van der Waals surface area (Å²) < 4.78 is 52.7. The molecule has 356 valence electrons. The molecular formula is C66H60N3OPt-. The third-order valence-corrected chi connectivity index (χ3v) is 13.4. The van der Waals surface area contributed by atoms with E-state index in [4.69, 9.17) is 18.2 Å². The summed E-state index contributed by atoms with van der Waals surface area (Å²) in [5.74, 6) is 0.742. The van der Waals surface area contributed by atoms with Gasteiger partial charge in [-0.15, -0.1) is 23.8 Å². The Hall–Kier alpha value is -7.13. The quantitative estimate of drug-likeness (QED) is 0.139. The van der Waals surface area contributed by atoms with E-state index in [1.807, 2.05) is 109 Å². The Kier molecular flexibility index (Phi) is 11.7. The van der Waals surface area contributed by atoms with E-state index in [2.05, 4.69) is 114 Å². The van der Waals surface area contributed by atoms with Crippen LogP contribution in [0.5, 0.6) is 5.75 Å². The Balaban J connectivity index is 0.00000722. The summed E-state index contributed by atoms with van der Waals surface area (Å²) in [5.41, 5.74) is 15.5. The average Bonchev–Trinajstić information content (AvgIpc) is 3.87. The van der Waals surface area contributed by atoms with Gasteiger partial charge in [-0.05, 0) is 117 Å². The smallest absolute Gasteiger partial charge is 0.148 e. The Morgan fingerprint density at radius 3 is 1.89 bits per heavy atom. The summed E-state index contributed by atoms with van der Waals surface area (Å²) in [6.07, 6.45) is 1.76. The van der Waals surface area contributed by atoms with E-state index in [9.17, 15) is 5.11 Å². The molecule has 0 unspecified atom stereocenters. The standard InChI is InChI=1S/C66H60N3O.Pt/c1-41(2)50-37-56(42(3)4)64(70)59(38-50)65-68-63-55(52-34-51(45-17-12-10-13-18-45)35-53(36-52)60-39-49(31-32-67-60)46-25-23-43(5)24-26-46)21-16-22-61(63)69(65)62-40-57(47-19-14-11-15-20-47)44(6)33-58(62)48-27-29-54(30-28-48)66(7,8)9;/h10-35,37-42,70H,1-9H3;/q-1;/i5D3,6D3;. The first-order chi connectivity index (χ1) is 36.1. The molecule has 5 heteroatoms. The van der Waals surface area contributed by atoms with Crippen LogP contribution in [0.25, 0.3) is 95.0 Å². The molecule has 10 rings (SSSR count). The zero-order valence-electron chi connectivity index (χ0n) is 47.1. The number of nitrogens with zero attached hydrogens (tertiary/aromatic N) is 3. The van der Waals surface area contributed by atoms with Gasteiger partial charge in [0.25, 0.3) is 0 Å². The maximum Gasteiger partial charge on any atom is 0.148 e. The number of aryl methyl sites for hydroxylation is 2. The number of rotatable bonds is 10. The van der Waals surface area contributed by atoms with Gasteiger partial charge in [0.2, 0.25) is 0 Å². The minimum Gasteiger partial charge on any atom is -0.507 e. The Morgan fingerprint density at radius 1 is 0.563 bits per heavy atom. The first kappa shape index (κ1) is 41.6. The molecule has 1 N–H and O–H groups in total. The number of phenolic OH excluding ortho intramolecular Hbond substituents is 1. The molecule has 0 bridgehead atoms. The van der Waals surface area contributed by atoms with Crippen LogP contribution in [0.1, 0.15) is 96.3 Å². The summed E-state index contributed by atoms with van der Waals surface area (Å²) in [6.45, 7) is 10.3. The molecule has 0 spiro atoms. The van der Waals surface area contributed by atoms with Gasteiger partial charge in [-0.1, -0.05) is 204 Å². The summed E-state index contributed by atoms with van der Waals surface area (Å²) in [6, 6.07) is 61.1. The maximum absolute atomic E-state index is 12.6. The number of aromatic hydroxyl groups is 1. The van der Waals surface area contributed by atoms with Crippen molar-refractivity contribution < 1.29 is 34.4 Å². The Bertz CT molecular complexity index is 3760. The van der Waals surface area contributed by atoms with Gasteiger partial charge in [-0.2, -0.15) is 0 Å². The van der Waals surface area contributed by atoms with E-state index in [0.717, 1.165) is 72.3 Å². The first-order valence-electron chi connectivity index (χ1n) is 27.1. The second-order valence-electron chi connectivity index (χ2n) is 19.9. The summed E-state index contributed by atoms with van der Waals surface area (Å²) in [4.78, 5) is 10.5. The van der Waals surface area contributed by atoms with E-state index >= 15 is 0 Å². The Morgan fingerprint density at radius 2 is 1.23 bits per heavy atom. The van der Waals surface area contributed by atoms with E-state index in [1.54, 1.807) is 18.3 Å². The van der Waals surface area contributed by atoms with Crippen LogP contribution < -0.4 is 0 Å². The molecule has 8 aromatic carbocycles. The van der Waals surface area contributed by atoms with E-state index in [-0.39, 0.29) is 55.2 Å². The molecule has 0 saturated heterocycles. The predicted molar refractivity (Wildman–Crippen MR) is 294 cm³/mol. The fourth-order valence-corrected chi connectivity index (χ4v) is 9.45. The molecule has 0 saturated carbocycles. The van der Waals surface area contributed by atoms with Crippen molar-refractivity contribution in [3.8, 4) is 89.7 Å². The molecule has 10 aromatic rings. The molecule has 0 aliphatic heterocycles. The van der Waals surface area contributed by atoms with Crippen molar-refractivity contribution in [1.29, 1.82) is 0 Å². The van der Waals surface area contributed by atoms with Gasteiger partial charge >= 0.3 is 0 Å². The van der Waals surface area contributed by atoms with Crippen LogP contribution in [-0.4, -0.2) is 19.6 Å². The summed E-state index contributed by atoms with van der Waals surface area (Å²) in [5, 5.41) is 12.6. The van der Waals surface area contributed by atoms with Crippen molar-refractivity contribution in [2.75, 3.05) is 0 Å². The SMILES string of the molecule is [2H]C([2H])([2H])c1ccc(-c2ccnc(-c3[c-]c(-c4cccc5c4nc(-c4cc(C(C)C)cc(C(C)C)c4O)n5-c4cc(-c5ccccc5)c(C([2H])([2H])[2H])cc4-c4ccc(C(C)(C)C)cc4)cc(-c4ccccc4)c3)c2)cc1.[Pt]. The molecule has 0 amide bonds. The number of fused-ring (bicyclic) bond motifs is 1. The van der Waals surface area contributed by atoms with Crippen molar-refractivity contribution >= 4 is 11.0 Å². The van der Waals surface area contributed by atoms with Crippen LogP contribution in [0, 0.1) is 19.8 Å². The molecule has 0 radical (unpaired) electrons. The van der Waals surface area contributed by atoms with Crippen LogP contribution >= 0.6 is 0 Å². The van der Waals surface area contributed by atoms with Crippen LogP contribution in [-0.2, 0) is 26.5 Å². The average molecular weight is 1110 g/mol. The molecule has 2 heterocycles. The van der Waals surface area contributed by atoms with Crippen molar-refractivity contribution in [2.24, 2.45) is 0 Å². The van der Waals surface area contributed by atoms with E-state index in [0.29, 0.717) is 39.4 Å². The van der Waals surface area contributed by atoms with Gasteiger partial charge in [-0.3, -0.25) is 9.55 Å². The van der Waals surface area contributed by atoms with Crippen molar-refractivity contribution in [2.45, 2.75) is 79.4 Å². The fraction of sp³-hybridized carbons (Fsp3) is 0.182. The number of hydrogen-bond donors (Lipinski definition) is 1. The molecule has 71 heavy (non-hydrogen) atoms. The number of phenols is 1. The zero-order chi connectivity index (χ0) is 53.8. The van der Waals surface area contributed by atoms with Crippen molar-refractivity contribution in [1.82, 2.24) is 14.5 Å². The first-order valence-corrected chi connectivity index (χ1v) is 24.1. The minimum absolute atomic E-state index is 0. The van der Waals surface area contributed by atoms with E-state index in [1.165, 1.54) is 0 Å². The second-order valence-corrected chi connectivity index (χ2v) is 19.9. The molecule has 0 fully saturated rings.